The molecule has 0 unspecified atom stereocenters. The van der Waals surface area contributed by atoms with Crippen LogP contribution in [0.1, 0.15) is 34.0 Å². The van der Waals surface area contributed by atoms with Crippen LogP contribution in [0.4, 0.5) is 0 Å². The van der Waals surface area contributed by atoms with Gasteiger partial charge >= 0.3 is 0 Å². The van der Waals surface area contributed by atoms with E-state index in [0.717, 1.165) is 0 Å². The highest BCUT2D eigenvalue weighted by Crippen LogP contribution is 2.16. The minimum atomic E-state index is -4.11. The number of rotatable bonds is 5. The summed E-state index contributed by atoms with van der Waals surface area (Å²) in [6.45, 7) is 3.04. The summed E-state index contributed by atoms with van der Waals surface area (Å²) >= 11 is 0. The van der Waals surface area contributed by atoms with Crippen molar-refractivity contribution in [1.82, 2.24) is 9.71 Å². The van der Waals surface area contributed by atoms with E-state index in [2.05, 4.69) is 4.98 Å². The predicted octanol–water partition coefficient (Wildman–Crippen LogP) is 1.51. The third kappa shape index (κ3) is 4.49. The van der Waals surface area contributed by atoms with Gasteiger partial charge in [0, 0.05) is 18.0 Å². The number of Topliss-reactive ketones (excluding diaryl/α,β-unsaturated/α-hetero) is 1. The Labute approximate surface area is 145 Å². The second-order valence-corrected chi connectivity index (χ2v) is 7.11. The van der Waals surface area contributed by atoms with Crippen LogP contribution >= 0.6 is 0 Å². The molecule has 1 N–H and O–H groups in total. The molecular formula is C17H15N3O4S. The third-order valence-electron chi connectivity index (χ3n) is 3.44. The van der Waals surface area contributed by atoms with Gasteiger partial charge in [-0.1, -0.05) is 6.07 Å². The summed E-state index contributed by atoms with van der Waals surface area (Å²) in [6.07, 6.45) is 2.48. The molecule has 7 nitrogen and oxygen atoms in total. The molecule has 2 aromatic rings. The van der Waals surface area contributed by atoms with Gasteiger partial charge in [-0.15, -0.1) is 0 Å². The highest BCUT2D eigenvalue weighted by Gasteiger charge is 2.20. The number of hydrogen-bond acceptors (Lipinski definition) is 6. The Kier molecular flexibility index (Phi) is 5.29. The second kappa shape index (κ2) is 7.23. The molecule has 0 saturated heterocycles. The van der Waals surface area contributed by atoms with Crippen LogP contribution in [0, 0.1) is 18.3 Å². The van der Waals surface area contributed by atoms with Gasteiger partial charge in [0.25, 0.3) is 10.0 Å². The fraction of sp³-hybridized carbons (Fsp3) is 0.176. The molecule has 0 fully saturated rings. The number of nitrogens with one attached hydrogen (secondary N) is 1. The molecular weight excluding hydrogens is 342 g/mol. The van der Waals surface area contributed by atoms with Gasteiger partial charge in [0.1, 0.15) is 6.07 Å². The Balaban J connectivity index is 2.20. The fourth-order valence-corrected chi connectivity index (χ4v) is 3.23. The van der Waals surface area contributed by atoms with Gasteiger partial charge in [-0.05, 0) is 43.2 Å². The molecule has 0 radical (unpaired) electrons. The van der Waals surface area contributed by atoms with E-state index in [1.54, 1.807) is 6.92 Å². The van der Waals surface area contributed by atoms with E-state index in [4.69, 9.17) is 5.26 Å². The van der Waals surface area contributed by atoms with Crippen LogP contribution in [0.3, 0.4) is 0 Å². The summed E-state index contributed by atoms with van der Waals surface area (Å²) in [7, 11) is -4.11. The lowest BCUT2D eigenvalue weighted by Gasteiger charge is -2.09. The lowest BCUT2D eigenvalue weighted by atomic mass is 10.1. The van der Waals surface area contributed by atoms with E-state index in [1.165, 1.54) is 43.6 Å². The Bertz CT molecular complexity index is 991. The largest absolute Gasteiger partial charge is 0.295 e. The van der Waals surface area contributed by atoms with Crippen molar-refractivity contribution in [3.05, 3.63) is 58.9 Å². The highest BCUT2D eigenvalue weighted by molar-refractivity contribution is 7.90. The van der Waals surface area contributed by atoms with Gasteiger partial charge in [-0.2, -0.15) is 5.26 Å². The smallest absolute Gasteiger partial charge is 0.264 e. The van der Waals surface area contributed by atoms with Crippen LogP contribution < -0.4 is 4.72 Å². The van der Waals surface area contributed by atoms with Crippen LogP contribution in [0.25, 0.3) is 0 Å². The van der Waals surface area contributed by atoms with E-state index >= 15 is 0 Å². The molecule has 0 aliphatic rings. The van der Waals surface area contributed by atoms with Crippen molar-refractivity contribution < 1.29 is 18.0 Å². The van der Waals surface area contributed by atoms with Gasteiger partial charge in [0.05, 0.1) is 16.9 Å². The van der Waals surface area contributed by atoms with Crippen molar-refractivity contribution in [2.75, 3.05) is 0 Å². The lowest BCUT2D eigenvalue weighted by Crippen LogP contribution is -2.32. The summed E-state index contributed by atoms with van der Waals surface area (Å²) in [5, 5.41) is 8.81. The number of carbonyl (C=O) groups excluding carboxylic acids is 2. The maximum Gasteiger partial charge on any atom is 0.264 e. The molecule has 1 aromatic carbocycles. The van der Waals surface area contributed by atoms with Crippen LogP contribution in [-0.4, -0.2) is 25.1 Å². The van der Waals surface area contributed by atoms with Crippen LogP contribution in [0.2, 0.25) is 0 Å². The lowest BCUT2D eigenvalue weighted by molar-refractivity contribution is -0.118. The zero-order valence-corrected chi connectivity index (χ0v) is 14.4. The summed E-state index contributed by atoms with van der Waals surface area (Å²) < 4.78 is 26.6. The molecule has 1 aromatic heterocycles. The number of ketones is 1. The zero-order valence-electron chi connectivity index (χ0n) is 13.6. The van der Waals surface area contributed by atoms with Crippen molar-refractivity contribution in [3.8, 4) is 6.07 Å². The van der Waals surface area contributed by atoms with Crippen molar-refractivity contribution in [2.24, 2.45) is 0 Å². The van der Waals surface area contributed by atoms with Gasteiger partial charge in [-0.25, -0.2) is 13.1 Å². The number of aromatic nitrogens is 1. The summed E-state index contributed by atoms with van der Waals surface area (Å²) in [4.78, 5) is 27.2. The average Bonchev–Trinajstić information content (AvgIpc) is 2.54. The van der Waals surface area contributed by atoms with E-state index in [1.807, 2.05) is 10.8 Å². The number of aryl methyl sites for hydroxylation is 1. The van der Waals surface area contributed by atoms with E-state index in [0.29, 0.717) is 11.1 Å². The van der Waals surface area contributed by atoms with E-state index < -0.39 is 15.9 Å². The SMILES string of the molecule is CC(=O)c1cc(S(=O)(=O)NC(=O)Cc2cncc(C#N)c2)ccc1C. The molecule has 0 atom stereocenters. The number of carbonyl (C=O) groups is 2. The Hall–Kier alpha value is -3.05. The van der Waals surface area contributed by atoms with Gasteiger partial charge in [0.15, 0.2) is 5.78 Å². The molecule has 0 aliphatic carbocycles. The third-order valence-corrected chi connectivity index (χ3v) is 4.81. The minimum Gasteiger partial charge on any atom is -0.295 e. The Morgan fingerprint density at radius 1 is 1.24 bits per heavy atom. The number of amides is 1. The number of pyridine rings is 1. The van der Waals surface area contributed by atoms with Crippen molar-refractivity contribution in [3.63, 3.8) is 0 Å². The normalized spacial score (nSPS) is 10.8. The molecule has 25 heavy (non-hydrogen) atoms. The molecule has 0 spiro atoms. The summed E-state index contributed by atoms with van der Waals surface area (Å²) in [5.74, 6) is -1.03. The molecule has 0 bridgehead atoms. The number of benzene rings is 1. The topological polar surface area (TPSA) is 117 Å². The molecule has 1 amide bonds. The highest BCUT2D eigenvalue weighted by atomic mass is 32.2. The van der Waals surface area contributed by atoms with Gasteiger partial charge < -0.3 is 0 Å². The first-order valence-corrected chi connectivity index (χ1v) is 8.72. The standard InChI is InChI=1S/C17H15N3O4S/c1-11-3-4-15(7-16(11)12(2)21)25(23,24)20-17(22)6-13-5-14(8-18)10-19-9-13/h3-5,7,9-10H,6H2,1-2H3,(H,20,22). The predicted molar refractivity (Wildman–Crippen MR) is 89.2 cm³/mol. The van der Waals surface area contributed by atoms with E-state index in [9.17, 15) is 18.0 Å². The first kappa shape index (κ1) is 18.3. The molecule has 8 heteroatoms. The second-order valence-electron chi connectivity index (χ2n) is 5.43. The maximum atomic E-state index is 12.3. The summed E-state index contributed by atoms with van der Waals surface area (Å²) in [5.41, 5.74) is 1.62. The monoisotopic (exact) mass is 357 g/mol. The van der Waals surface area contributed by atoms with Crippen molar-refractivity contribution in [2.45, 2.75) is 25.2 Å². The molecule has 0 aliphatic heterocycles. The number of nitriles is 1. The average molecular weight is 357 g/mol. The van der Waals surface area contributed by atoms with Crippen LogP contribution in [0.5, 0.6) is 0 Å². The fourth-order valence-electron chi connectivity index (χ4n) is 2.22. The minimum absolute atomic E-state index is 0.166. The Morgan fingerprint density at radius 2 is 1.96 bits per heavy atom. The first-order chi connectivity index (χ1) is 11.7. The van der Waals surface area contributed by atoms with Crippen LogP contribution in [-0.2, 0) is 21.2 Å². The molecule has 0 saturated carbocycles. The number of sulfonamides is 1. The Morgan fingerprint density at radius 3 is 2.60 bits per heavy atom. The quantitative estimate of drug-likeness (QED) is 0.811. The van der Waals surface area contributed by atoms with Gasteiger partial charge in [0.2, 0.25) is 5.91 Å². The van der Waals surface area contributed by atoms with E-state index in [-0.39, 0.29) is 28.2 Å². The summed E-state index contributed by atoms with van der Waals surface area (Å²) in [6, 6.07) is 7.43. The van der Waals surface area contributed by atoms with Gasteiger partial charge in [-0.3, -0.25) is 14.6 Å². The number of hydrogen-bond donors (Lipinski definition) is 1. The first-order valence-electron chi connectivity index (χ1n) is 7.24. The maximum absolute atomic E-state index is 12.3. The number of nitrogens with zero attached hydrogens (tertiary/aromatic N) is 2. The molecule has 2 rings (SSSR count). The zero-order chi connectivity index (χ0) is 18.6. The molecule has 1 heterocycles. The molecule has 128 valence electrons. The van der Waals surface area contributed by atoms with Crippen molar-refractivity contribution in [1.29, 1.82) is 5.26 Å². The van der Waals surface area contributed by atoms with Crippen molar-refractivity contribution >= 4 is 21.7 Å². The van der Waals surface area contributed by atoms with Crippen LogP contribution in [0.15, 0.2) is 41.6 Å².